The molecule has 1 fully saturated rings. The molecule has 2 aromatic carbocycles. The Morgan fingerprint density at radius 1 is 1.09 bits per heavy atom. The van der Waals surface area contributed by atoms with Crippen molar-refractivity contribution in [1.82, 2.24) is 30.1 Å². The lowest BCUT2D eigenvalue weighted by atomic mass is 9.94. The molecule has 0 saturated carbocycles. The summed E-state index contributed by atoms with van der Waals surface area (Å²) in [6.07, 6.45) is 2.20. The maximum atomic E-state index is 13.4. The number of nitrogens with zero attached hydrogens (tertiary/aromatic N) is 5. The first-order valence-electron chi connectivity index (χ1n) is 11.7. The molecule has 0 spiro atoms. The van der Waals surface area contributed by atoms with E-state index in [0.717, 1.165) is 53.5 Å². The largest absolute Gasteiger partial charge is 0.322 e. The minimum absolute atomic E-state index is 0.0783. The number of H-pyrrole nitrogens is 1. The Kier molecular flexibility index (Phi) is 5.81. The minimum atomic E-state index is -0.301. The Labute approximate surface area is 193 Å². The molecule has 7 heteroatoms. The van der Waals surface area contributed by atoms with Gasteiger partial charge in [-0.25, -0.2) is 4.68 Å². The van der Waals surface area contributed by atoms with E-state index >= 15 is 0 Å². The van der Waals surface area contributed by atoms with E-state index in [9.17, 15) is 4.79 Å². The van der Waals surface area contributed by atoms with Crippen molar-refractivity contribution in [2.24, 2.45) is 5.92 Å². The monoisotopic (exact) mass is 442 g/mol. The molecule has 170 valence electrons. The summed E-state index contributed by atoms with van der Waals surface area (Å²) in [6.45, 7) is 8.82. The Bertz CT molecular complexity index is 1320. The molecule has 1 N–H and O–H groups in total. The zero-order chi connectivity index (χ0) is 22.9. The zero-order valence-corrected chi connectivity index (χ0v) is 19.5. The molecule has 1 atom stereocenters. The van der Waals surface area contributed by atoms with Crippen LogP contribution >= 0.6 is 0 Å². The van der Waals surface area contributed by atoms with Gasteiger partial charge < -0.3 is 4.98 Å². The number of benzene rings is 2. The average Bonchev–Trinajstić information content (AvgIpc) is 3.24. The molecule has 4 aromatic rings. The minimum Gasteiger partial charge on any atom is -0.322 e. The maximum absolute atomic E-state index is 13.4. The summed E-state index contributed by atoms with van der Waals surface area (Å²) in [6, 6.07) is 16.1. The van der Waals surface area contributed by atoms with Crippen molar-refractivity contribution >= 4 is 10.9 Å². The summed E-state index contributed by atoms with van der Waals surface area (Å²) >= 11 is 0. The number of rotatable bonds is 5. The molecule has 5 rings (SSSR count). The van der Waals surface area contributed by atoms with Crippen LogP contribution in [-0.4, -0.2) is 43.2 Å². The number of aromatic amines is 1. The number of hydrogen-bond acceptors (Lipinski definition) is 5. The Hall–Kier alpha value is -3.32. The predicted octanol–water partition coefficient (Wildman–Crippen LogP) is 4.00. The first-order chi connectivity index (χ1) is 16.0. The SMILES string of the molecule is Cc1cc(C)c2cc(C(c3nnnn3Cc3ccccc3)N3CCC(C)CC3)c(=O)[nH]c2c1. The predicted molar refractivity (Wildman–Crippen MR) is 129 cm³/mol. The van der Waals surface area contributed by atoms with Gasteiger partial charge in [0.2, 0.25) is 0 Å². The van der Waals surface area contributed by atoms with Crippen LogP contribution in [0.5, 0.6) is 0 Å². The van der Waals surface area contributed by atoms with E-state index < -0.39 is 0 Å². The summed E-state index contributed by atoms with van der Waals surface area (Å²) < 4.78 is 1.84. The summed E-state index contributed by atoms with van der Waals surface area (Å²) in [5, 5.41) is 13.8. The van der Waals surface area contributed by atoms with Crippen LogP contribution in [0.1, 0.15) is 53.9 Å². The number of aromatic nitrogens is 5. The highest BCUT2D eigenvalue weighted by molar-refractivity contribution is 5.83. The van der Waals surface area contributed by atoms with Gasteiger partial charge in [0.05, 0.1) is 6.54 Å². The van der Waals surface area contributed by atoms with Crippen LogP contribution in [0, 0.1) is 19.8 Å². The van der Waals surface area contributed by atoms with E-state index in [1.165, 1.54) is 0 Å². The molecule has 0 amide bonds. The van der Waals surface area contributed by atoms with Gasteiger partial charge in [-0.1, -0.05) is 43.3 Å². The van der Waals surface area contributed by atoms with Crippen LogP contribution in [0.25, 0.3) is 10.9 Å². The fraction of sp³-hybridized carbons (Fsp3) is 0.385. The molecule has 0 radical (unpaired) electrons. The molecule has 2 aromatic heterocycles. The summed E-state index contributed by atoms with van der Waals surface area (Å²) in [5.41, 5.74) is 4.90. The second kappa shape index (κ2) is 8.90. The Balaban J connectivity index is 1.63. The molecule has 3 heterocycles. The van der Waals surface area contributed by atoms with Crippen molar-refractivity contribution < 1.29 is 0 Å². The number of fused-ring (bicyclic) bond motifs is 1. The molecule has 33 heavy (non-hydrogen) atoms. The summed E-state index contributed by atoms with van der Waals surface area (Å²) in [7, 11) is 0. The van der Waals surface area contributed by atoms with Gasteiger partial charge in [0, 0.05) is 16.5 Å². The van der Waals surface area contributed by atoms with Gasteiger partial charge in [-0.15, -0.1) is 5.10 Å². The van der Waals surface area contributed by atoms with Gasteiger partial charge in [0.1, 0.15) is 6.04 Å². The molecule has 0 aliphatic carbocycles. The number of aryl methyl sites for hydroxylation is 2. The number of likely N-dealkylation sites (tertiary alicyclic amines) is 1. The van der Waals surface area contributed by atoms with E-state index in [1.807, 2.05) is 41.9 Å². The third-order valence-electron chi connectivity index (χ3n) is 6.80. The normalized spacial score (nSPS) is 16.3. The van der Waals surface area contributed by atoms with E-state index in [2.05, 4.69) is 57.5 Å². The molecule has 0 bridgehead atoms. The van der Waals surface area contributed by atoms with Gasteiger partial charge in [-0.3, -0.25) is 9.69 Å². The molecule has 1 unspecified atom stereocenters. The maximum Gasteiger partial charge on any atom is 0.253 e. The number of tetrazole rings is 1. The molecule has 7 nitrogen and oxygen atoms in total. The van der Waals surface area contributed by atoms with Crippen molar-refractivity contribution in [1.29, 1.82) is 0 Å². The van der Waals surface area contributed by atoms with Crippen molar-refractivity contribution in [3.63, 3.8) is 0 Å². The zero-order valence-electron chi connectivity index (χ0n) is 19.5. The number of piperidine rings is 1. The molecule has 1 aliphatic rings. The fourth-order valence-corrected chi connectivity index (χ4v) is 4.95. The van der Waals surface area contributed by atoms with Crippen molar-refractivity contribution in [3.8, 4) is 0 Å². The van der Waals surface area contributed by atoms with E-state index in [0.29, 0.717) is 23.9 Å². The number of pyridine rings is 1. The van der Waals surface area contributed by atoms with Crippen LogP contribution in [0.3, 0.4) is 0 Å². The summed E-state index contributed by atoms with van der Waals surface area (Å²) in [4.78, 5) is 18.9. The summed E-state index contributed by atoms with van der Waals surface area (Å²) in [5.74, 6) is 1.39. The molecular weight excluding hydrogens is 412 g/mol. The van der Waals surface area contributed by atoms with Gasteiger partial charge in [-0.2, -0.15) is 0 Å². The average molecular weight is 443 g/mol. The van der Waals surface area contributed by atoms with Gasteiger partial charge in [-0.05, 0) is 84.9 Å². The highest BCUT2D eigenvalue weighted by atomic mass is 16.1. The topological polar surface area (TPSA) is 79.7 Å². The fourth-order valence-electron chi connectivity index (χ4n) is 4.95. The Morgan fingerprint density at radius 3 is 2.61 bits per heavy atom. The molecule has 1 aliphatic heterocycles. The lowest BCUT2D eigenvalue weighted by Crippen LogP contribution is -2.40. The quantitative estimate of drug-likeness (QED) is 0.505. The lowest BCUT2D eigenvalue weighted by Gasteiger charge is -2.36. The lowest BCUT2D eigenvalue weighted by molar-refractivity contribution is 0.149. The number of hydrogen-bond donors (Lipinski definition) is 1. The number of nitrogens with one attached hydrogen (secondary N) is 1. The van der Waals surface area contributed by atoms with E-state index in [-0.39, 0.29) is 11.6 Å². The molecular formula is C26H30N6O. The van der Waals surface area contributed by atoms with Crippen LogP contribution in [0.2, 0.25) is 0 Å². The Morgan fingerprint density at radius 2 is 1.85 bits per heavy atom. The van der Waals surface area contributed by atoms with Gasteiger partial charge in [0.25, 0.3) is 5.56 Å². The second-order valence-corrected chi connectivity index (χ2v) is 9.40. The van der Waals surface area contributed by atoms with Crippen molar-refractivity contribution in [3.05, 3.63) is 87.0 Å². The standard InChI is InChI=1S/C26H30N6O/c1-17-9-11-31(12-10-17)24(25-28-29-30-32(25)16-20-7-5-4-6-8-20)22-15-21-19(3)13-18(2)14-23(21)27-26(22)33/h4-8,13-15,17,24H,9-12,16H2,1-3H3,(H,27,33). The van der Waals surface area contributed by atoms with Crippen molar-refractivity contribution in [2.45, 2.75) is 46.2 Å². The smallest absolute Gasteiger partial charge is 0.253 e. The molecule has 1 saturated heterocycles. The van der Waals surface area contributed by atoms with Crippen molar-refractivity contribution in [2.75, 3.05) is 13.1 Å². The highest BCUT2D eigenvalue weighted by Crippen LogP contribution is 2.31. The van der Waals surface area contributed by atoms with Crippen LogP contribution in [-0.2, 0) is 6.54 Å². The second-order valence-electron chi connectivity index (χ2n) is 9.40. The highest BCUT2D eigenvalue weighted by Gasteiger charge is 2.32. The van der Waals surface area contributed by atoms with Gasteiger partial charge in [0.15, 0.2) is 5.82 Å². The van der Waals surface area contributed by atoms with Crippen LogP contribution in [0.15, 0.2) is 53.3 Å². The van der Waals surface area contributed by atoms with E-state index in [4.69, 9.17) is 0 Å². The van der Waals surface area contributed by atoms with Crippen LogP contribution < -0.4 is 5.56 Å². The first kappa shape index (κ1) is 21.5. The van der Waals surface area contributed by atoms with Crippen LogP contribution in [0.4, 0.5) is 0 Å². The third kappa shape index (κ3) is 4.33. The first-order valence-corrected chi connectivity index (χ1v) is 11.7. The van der Waals surface area contributed by atoms with Gasteiger partial charge >= 0.3 is 0 Å². The third-order valence-corrected chi connectivity index (χ3v) is 6.80. The van der Waals surface area contributed by atoms with E-state index in [1.54, 1.807) is 0 Å².